The molecule has 0 aliphatic rings. The van der Waals surface area contributed by atoms with Crippen LogP contribution in [0, 0.1) is 0 Å². The molecule has 5 heteroatoms. The van der Waals surface area contributed by atoms with Gasteiger partial charge < -0.3 is 15.2 Å². The van der Waals surface area contributed by atoms with Crippen LogP contribution in [0.4, 0.5) is 5.82 Å². The maximum Gasteiger partial charge on any atom is 0.161 e. The van der Waals surface area contributed by atoms with Gasteiger partial charge in [-0.05, 0) is 36.8 Å². The van der Waals surface area contributed by atoms with Gasteiger partial charge in [0.25, 0.3) is 0 Å². The van der Waals surface area contributed by atoms with Crippen molar-refractivity contribution >= 4 is 5.82 Å². The molecule has 2 rings (SSSR count). The number of nitrogens with zero attached hydrogens (tertiary/aromatic N) is 2. The fourth-order valence-corrected chi connectivity index (χ4v) is 1.65. The lowest BCUT2D eigenvalue weighted by Gasteiger charge is -2.11. The Morgan fingerprint density at radius 3 is 2.58 bits per heavy atom. The zero-order valence-electron chi connectivity index (χ0n) is 11.1. The third kappa shape index (κ3) is 3.13. The highest BCUT2D eigenvalue weighted by Gasteiger charge is 2.08. The number of nitrogens with two attached hydrogens (primary N) is 1. The summed E-state index contributed by atoms with van der Waals surface area (Å²) >= 11 is 0. The molecule has 0 atom stereocenters. The van der Waals surface area contributed by atoms with E-state index in [-0.39, 0.29) is 0 Å². The van der Waals surface area contributed by atoms with Crippen LogP contribution in [-0.4, -0.2) is 23.9 Å². The summed E-state index contributed by atoms with van der Waals surface area (Å²) in [5, 5.41) is 7.88. The second-order valence-corrected chi connectivity index (χ2v) is 4.06. The number of rotatable bonds is 5. The number of nitrogen functional groups attached to an aromatic ring is 1. The van der Waals surface area contributed by atoms with Crippen LogP contribution in [0.1, 0.15) is 13.3 Å². The number of anilines is 1. The van der Waals surface area contributed by atoms with E-state index in [2.05, 4.69) is 17.1 Å². The molecule has 1 heterocycles. The number of ether oxygens (including phenoxy) is 2. The van der Waals surface area contributed by atoms with Crippen molar-refractivity contribution in [3.8, 4) is 22.8 Å². The molecule has 19 heavy (non-hydrogen) atoms. The summed E-state index contributed by atoms with van der Waals surface area (Å²) in [6.07, 6.45) is 0.953. The highest BCUT2D eigenvalue weighted by Crippen LogP contribution is 2.31. The lowest BCUT2D eigenvalue weighted by molar-refractivity contribution is 0.294. The average molecular weight is 259 g/mol. The van der Waals surface area contributed by atoms with Crippen LogP contribution in [0.2, 0.25) is 0 Å². The van der Waals surface area contributed by atoms with Gasteiger partial charge in [0.1, 0.15) is 5.82 Å². The third-order valence-electron chi connectivity index (χ3n) is 2.61. The molecule has 0 amide bonds. The third-order valence-corrected chi connectivity index (χ3v) is 2.61. The summed E-state index contributed by atoms with van der Waals surface area (Å²) in [4.78, 5) is 0. The van der Waals surface area contributed by atoms with Gasteiger partial charge in [-0.15, -0.1) is 10.2 Å². The van der Waals surface area contributed by atoms with Gasteiger partial charge in [0, 0.05) is 5.56 Å². The second kappa shape index (κ2) is 6.04. The van der Waals surface area contributed by atoms with Crippen LogP contribution in [0.25, 0.3) is 11.3 Å². The molecule has 5 nitrogen and oxygen atoms in total. The summed E-state index contributed by atoms with van der Waals surface area (Å²) in [6, 6.07) is 9.22. The average Bonchev–Trinajstić information content (AvgIpc) is 2.46. The first-order valence-corrected chi connectivity index (χ1v) is 6.15. The first kappa shape index (κ1) is 13.1. The SMILES string of the molecule is CCCOc1ccc(-c2ccc(N)nn2)cc1OC. The predicted molar refractivity (Wildman–Crippen MR) is 74.2 cm³/mol. The molecule has 1 aromatic carbocycles. The van der Waals surface area contributed by atoms with Gasteiger partial charge in [-0.2, -0.15) is 0 Å². The molecule has 0 aliphatic carbocycles. The minimum Gasteiger partial charge on any atom is -0.493 e. The van der Waals surface area contributed by atoms with E-state index in [1.165, 1.54) is 0 Å². The van der Waals surface area contributed by atoms with E-state index in [1.807, 2.05) is 24.3 Å². The Kier molecular flexibility index (Phi) is 4.18. The van der Waals surface area contributed by atoms with Gasteiger partial charge >= 0.3 is 0 Å². The molecule has 0 fully saturated rings. The van der Waals surface area contributed by atoms with E-state index >= 15 is 0 Å². The predicted octanol–water partition coefficient (Wildman–Crippen LogP) is 2.52. The van der Waals surface area contributed by atoms with Crippen LogP contribution in [0.3, 0.4) is 0 Å². The fraction of sp³-hybridized carbons (Fsp3) is 0.286. The van der Waals surface area contributed by atoms with Crippen molar-refractivity contribution in [2.75, 3.05) is 19.5 Å². The van der Waals surface area contributed by atoms with Crippen molar-refractivity contribution in [3.63, 3.8) is 0 Å². The van der Waals surface area contributed by atoms with Gasteiger partial charge in [-0.1, -0.05) is 6.92 Å². The molecular formula is C14H17N3O2. The molecule has 0 saturated heterocycles. The van der Waals surface area contributed by atoms with E-state index in [0.717, 1.165) is 23.4 Å². The van der Waals surface area contributed by atoms with E-state index in [1.54, 1.807) is 13.2 Å². The van der Waals surface area contributed by atoms with Crippen molar-refractivity contribution in [1.82, 2.24) is 10.2 Å². The molecular weight excluding hydrogens is 242 g/mol. The van der Waals surface area contributed by atoms with Crippen LogP contribution in [0.15, 0.2) is 30.3 Å². The van der Waals surface area contributed by atoms with Gasteiger partial charge in [-0.25, -0.2) is 0 Å². The number of benzene rings is 1. The Morgan fingerprint density at radius 1 is 1.11 bits per heavy atom. The lowest BCUT2D eigenvalue weighted by Crippen LogP contribution is -1.98. The first-order chi connectivity index (χ1) is 9.24. The Bertz CT molecular complexity index is 541. The highest BCUT2D eigenvalue weighted by molar-refractivity contribution is 5.64. The van der Waals surface area contributed by atoms with E-state index in [0.29, 0.717) is 18.2 Å². The van der Waals surface area contributed by atoms with Gasteiger partial charge in [0.15, 0.2) is 11.5 Å². The monoisotopic (exact) mass is 259 g/mol. The number of hydrogen-bond donors (Lipinski definition) is 1. The summed E-state index contributed by atoms with van der Waals surface area (Å²) in [5.41, 5.74) is 7.18. The Balaban J connectivity index is 2.30. The minimum atomic E-state index is 0.401. The van der Waals surface area contributed by atoms with Gasteiger partial charge in [0.05, 0.1) is 19.4 Å². The molecule has 0 aliphatic heterocycles. The second-order valence-electron chi connectivity index (χ2n) is 4.06. The quantitative estimate of drug-likeness (QED) is 0.893. The van der Waals surface area contributed by atoms with Crippen LogP contribution < -0.4 is 15.2 Å². The Labute approximate surface area is 112 Å². The molecule has 1 aromatic heterocycles. The summed E-state index contributed by atoms with van der Waals surface area (Å²) in [5.74, 6) is 1.82. The lowest BCUT2D eigenvalue weighted by atomic mass is 10.1. The van der Waals surface area contributed by atoms with Crippen LogP contribution >= 0.6 is 0 Å². The van der Waals surface area contributed by atoms with Crippen molar-refractivity contribution in [3.05, 3.63) is 30.3 Å². The number of hydrogen-bond acceptors (Lipinski definition) is 5. The molecule has 2 aromatic rings. The largest absolute Gasteiger partial charge is 0.493 e. The van der Waals surface area contributed by atoms with E-state index in [4.69, 9.17) is 15.2 Å². The molecule has 0 unspecified atom stereocenters. The number of aromatic nitrogens is 2. The van der Waals surface area contributed by atoms with E-state index < -0.39 is 0 Å². The van der Waals surface area contributed by atoms with Crippen molar-refractivity contribution in [2.24, 2.45) is 0 Å². The minimum absolute atomic E-state index is 0.401. The van der Waals surface area contributed by atoms with E-state index in [9.17, 15) is 0 Å². The number of methoxy groups -OCH3 is 1. The fourth-order valence-electron chi connectivity index (χ4n) is 1.65. The van der Waals surface area contributed by atoms with Crippen molar-refractivity contribution in [1.29, 1.82) is 0 Å². The standard InChI is InChI=1S/C14H17N3O2/c1-3-8-19-12-6-4-10(9-13(12)18-2)11-5-7-14(15)17-16-11/h4-7,9H,3,8H2,1-2H3,(H2,15,17). The maximum atomic E-state index is 5.61. The van der Waals surface area contributed by atoms with Crippen molar-refractivity contribution in [2.45, 2.75) is 13.3 Å². The molecule has 0 saturated carbocycles. The normalized spacial score (nSPS) is 10.2. The zero-order valence-corrected chi connectivity index (χ0v) is 11.1. The van der Waals surface area contributed by atoms with Crippen LogP contribution in [0.5, 0.6) is 11.5 Å². The molecule has 2 N–H and O–H groups in total. The summed E-state index contributed by atoms with van der Waals surface area (Å²) in [6.45, 7) is 2.72. The van der Waals surface area contributed by atoms with Crippen LogP contribution in [-0.2, 0) is 0 Å². The van der Waals surface area contributed by atoms with Gasteiger partial charge in [0.2, 0.25) is 0 Å². The molecule has 0 radical (unpaired) electrons. The summed E-state index contributed by atoms with van der Waals surface area (Å²) < 4.78 is 10.9. The van der Waals surface area contributed by atoms with Crippen molar-refractivity contribution < 1.29 is 9.47 Å². The highest BCUT2D eigenvalue weighted by atomic mass is 16.5. The molecule has 0 bridgehead atoms. The molecule has 100 valence electrons. The molecule has 0 spiro atoms. The zero-order chi connectivity index (χ0) is 13.7. The maximum absolute atomic E-state index is 5.61. The van der Waals surface area contributed by atoms with Gasteiger partial charge in [-0.3, -0.25) is 0 Å². The first-order valence-electron chi connectivity index (χ1n) is 6.15. The Morgan fingerprint density at radius 2 is 1.95 bits per heavy atom. The Hall–Kier alpha value is -2.30. The smallest absolute Gasteiger partial charge is 0.161 e. The summed E-state index contributed by atoms with van der Waals surface area (Å²) in [7, 11) is 1.62. The topological polar surface area (TPSA) is 70.3 Å².